The maximum Gasteiger partial charge on any atom is 0.322 e. The molecule has 0 spiro atoms. The summed E-state index contributed by atoms with van der Waals surface area (Å²) >= 11 is 12.3. The lowest BCUT2D eigenvalue weighted by molar-refractivity contribution is -0.136. The first-order valence-corrected chi connectivity index (χ1v) is 11.7. The molecule has 6 nitrogen and oxygen atoms in total. The van der Waals surface area contributed by atoms with Crippen LogP contribution in [-0.2, 0) is 9.59 Å². The Bertz CT molecular complexity index is 1210. The van der Waals surface area contributed by atoms with Gasteiger partial charge in [-0.15, -0.1) is 0 Å². The van der Waals surface area contributed by atoms with E-state index in [4.69, 9.17) is 37.8 Å². The number of rotatable bonds is 4. The van der Waals surface area contributed by atoms with Crippen molar-refractivity contribution in [1.29, 1.82) is 0 Å². The highest BCUT2D eigenvalue weighted by molar-refractivity contribution is 6.39. The highest BCUT2D eigenvalue weighted by atomic mass is 35.5. The lowest BCUT2D eigenvalue weighted by Crippen LogP contribution is -2.20. The molecular weight excluding hydrogens is 534 g/mol. The quantitative estimate of drug-likeness (QED) is 0.364. The number of hydrogen-bond donors (Lipinski definition) is 2. The highest BCUT2D eigenvalue weighted by Gasteiger charge is 2.22. The summed E-state index contributed by atoms with van der Waals surface area (Å²) in [6, 6.07) is 10.1. The van der Waals surface area contributed by atoms with E-state index in [-0.39, 0.29) is 22.2 Å². The van der Waals surface area contributed by atoms with Crippen LogP contribution in [0.2, 0.25) is 10.0 Å². The van der Waals surface area contributed by atoms with Crippen molar-refractivity contribution in [1.82, 2.24) is 5.32 Å². The predicted octanol–water partition coefficient (Wildman–Crippen LogP) is 6.36. The van der Waals surface area contributed by atoms with Crippen molar-refractivity contribution in [2.45, 2.75) is 20.3 Å². The van der Waals surface area contributed by atoms with Crippen LogP contribution >= 0.6 is 23.2 Å². The van der Waals surface area contributed by atoms with Gasteiger partial charge < -0.3 is 19.9 Å². The van der Waals surface area contributed by atoms with Crippen LogP contribution in [0.1, 0.15) is 17.5 Å². The molecule has 1 amide bonds. The van der Waals surface area contributed by atoms with Crippen LogP contribution in [0, 0.1) is 31.3 Å². The number of amides is 1. The predicted molar refractivity (Wildman–Crippen MR) is 135 cm³/mol. The van der Waals surface area contributed by atoms with E-state index in [0.29, 0.717) is 42.2 Å². The zero-order valence-electron chi connectivity index (χ0n) is 19.9. The maximum absolute atomic E-state index is 13.4. The summed E-state index contributed by atoms with van der Waals surface area (Å²) in [6.45, 7) is 4.21. The third-order valence-corrected chi connectivity index (χ3v) is 5.50. The van der Waals surface area contributed by atoms with Gasteiger partial charge in [-0.2, -0.15) is 0 Å². The van der Waals surface area contributed by atoms with Gasteiger partial charge in [-0.25, -0.2) is 13.2 Å². The molecule has 0 bridgehead atoms. The van der Waals surface area contributed by atoms with Crippen LogP contribution in [0.25, 0.3) is 11.1 Å². The number of carbonyl (C=O) groups is 2. The van der Waals surface area contributed by atoms with Crippen LogP contribution < -0.4 is 14.8 Å². The molecule has 0 saturated heterocycles. The van der Waals surface area contributed by atoms with E-state index in [1.54, 1.807) is 0 Å². The number of carboxylic acid groups (broad SMARTS) is 1. The molecule has 3 aromatic rings. The summed E-state index contributed by atoms with van der Waals surface area (Å²) in [7, 11) is 0. The molecule has 0 unspecified atom stereocenters. The number of carboxylic acids is 1. The molecule has 37 heavy (non-hydrogen) atoms. The molecule has 0 fully saturated rings. The fraction of sp³-hybridized carbons (Fsp3) is 0.231. The fourth-order valence-electron chi connectivity index (χ4n) is 3.10. The molecule has 4 rings (SSSR count). The Morgan fingerprint density at radius 1 is 1.00 bits per heavy atom. The van der Waals surface area contributed by atoms with Gasteiger partial charge in [-0.05, 0) is 43.7 Å². The first-order valence-electron chi connectivity index (χ1n) is 10.9. The summed E-state index contributed by atoms with van der Waals surface area (Å²) in [4.78, 5) is 18.9. The SMILES string of the molecule is Cc1c(F)cccc1F.Cc1ccc(-c2c(Cl)cc(F)cc2Cl)c2c1OCCCO2.O=CNCC(=O)O. The second-order valence-electron chi connectivity index (χ2n) is 7.62. The Hall–Kier alpha value is -3.43. The Kier molecular flexibility index (Phi) is 11.6. The van der Waals surface area contributed by atoms with Crippen molar-refractivity contribution in [2.24, 2.45) is 0 Å². The number of halogens is 5. The van der Waals surface area contributed by atoms with E-state index in [1.165, 1.54) is 37.3 Å². The maximum atomic E-state index is 13.4. The normalized spacial score (nSPS) is 11.6. The van der Waals surface area contributed by atoms with Gasteiger partial charge >= 0.3 is 5.97 Å². The first kappa shape index (κ1) is 29.8. The van der Waals surface area contributed by atoms with Crippen molar-refractivity contribution in [3.05, 3.63) is 81.1 Å². The summed E-state index contributed by atoms with van der Waals surface area (Å²) < 4.78 is 49.6. The molecule has 11 heteroatoms. The zero-order chi connectivity index (χ0) is 27.5. The third-order valence-electron chi connectivity index (χ3n) is 4.90. The lowest BCUT2D eigenvalue weighted by atomic mass is 10.0. The number of fused-ring (bicyclic) bond motifs is 1. The molecule has 0 saturated carbocycles. The van der Waals surface area contributed by atoms with E-state index in [2.05, 4.69) is 0 Å². The number of ether oxygens (including phenoxy) is 2. The summed E-state index contributed by atoms with van der Waals surface area (Å²) in [5.41, 5.74) is 2.33. The number of carbonyl (C=O) groups excluding carboxylic acids is 1. The molecule has 0 aliphatic carbocycles. The van der Waals surface area contributed by atoms with Gasteiger partial charge in [0.2, 0.25) is 6.41 Å². The van der Waals surface area contributed by atoms with Gasteiger partial charge in [0.05, 0.1) is 23.3 Å². The summed E-state index contributed by atoms with van der Waals surface area (Å²) in [5, 5.41) is 10.3. The Labute approximate surface area is 221 Å². The lowest BCUT2D eigenvalue weighted by Gasteiger charge is -2.16. The monoisotopic (exact) mass is 557 g/mol. The standard InChI is InChI=1S/C16H13Cl2FO2.C7H6F2.C3H5NO3/c1-9-3-4-11(16-15(9)20-5-2-6-21-16)14-12(17)7-10(19)8-13(14)18;1-5-6(8)3-2-4-7(5)9;5-2-4-1-3(6)7/h3-4,7-8H,2,5-6H2,1H3;2-4H,1H3;2H,1H2,(H,4,5)(H,6,7). The van der Waals surface area contributed by atoms with Crippen LogP contribution in [0.3, 0.4) is 0 Å². The first-order chi connectivity index (χ1) is 17.6. The second kappa shape index (κ2) is 14.3. The Balaban J connectivity index is 0.000000248. The zero-order valence-corrected chi connectivity index (χ0v) is 21.4. The van der Waals surface area contributed by atoms with E-state index in [0.717, 1.165) is 12.0 Å². The Morgan fingerprint density at radius 3 is 2.05 bits per heavy atom. The molecule has 3 aromatic carbocycles. The molecule has 1 heterocycles. The average molecular weight is 558 g/mol. The molecule has 1 aliphatic rings. The van der Waals surface area contributed by atoms with Gasteiger partial charge in [0, 0.05) is 23.1 Å². The second-order valence-corrected chi connectivity index (χ2v) is 8.44. The number of hydrogen-bond acceptors (Lipinski definition) is 4. The van der Waals surface area contributed by atoms with E-state index in [1.807, 2.05) is 24.4 Å². The van der Waals surface area contributed by atoms with Crippen molar-refractivity contribution >= 4 is 35.6 Å². The van der Waals surface area contributed by atoms with E-state index in [9.17, 15) is 22.8 Å². The van der Waals surface area contributed by atoms with E-state index < -0.39 is 23.4 Å². The molecule has 1 aliphatic heterocycles. The van der Waals surface area contributed by atoms with Gasteiger partial charge in [0.15, 0.2) is 11.5 Å². The fourth-order valence-corrected chi connectivity index (χ4v) is 3.76. The van der Waals surface area contributed by atoms with Crippen molar-refractivity contribution in [2.75, 3.05) is 19.8 Å². The molecule has 198 valence electrons. The highest BCUT2D eigenvalue weighted by Crippen LogP contribution is 2.46. The van der Waals surface area contributed by atoms with Crippen molar-refractivity contribution in [3.63, 3.8) is 0 Å². The smallest absolute Gasteiger partial charge is 0.322 e. The van der Waals surface area contributed by atoms with Crippen LogP contribution in [-0.4, -0.2) is 37.2 Å². The van der Waals surface area contributed by atoms with Crippen molar-refractivity contribution < 1.29 is 37.3 Å². The summed E-state index contributed by atoms with van der Waals surface area (Å²) in [6.07, 6.45) is 1.15. The number of benzene rings is 3. The minimum atomic E-state index is -1.04. The molecule has 0 radical (unpaired) electrons. The van der Waals surface area contributed by atoms with Gasteiger partial charge in [-0.1, -0.05) is 41.4 Å². The molecule has 2 N–H and O–H groups in total. The van der Waals surface area contributed by atoms with Crippen LogP contribution in [0.15, 0.2) is 42.5 Å². The summed E-state index contributed by atoms with van der Waals surface area (Å²) in [5.74, 6) is -1.18. The molecule has 0 atom stereocenters. The molecule has 0 aromatic heterocycles. The average Bonchev–Trinajstić information content (AvgIpc) is 3.10. The van der Waals surface area contributed by atoms with Crippen LogP contribution in [0.5, 0.6) is 11.5 Å². The van der Waals surface area contributed by atoms with Gasteiger partial charge in [0.1, 0.15) is 24.0 Å². The minimum absolute atomic E-state index is 0.0810. The minimum Gasteiger partial charge on any atom is -0.489 e. The number of nitrogens with one attached hydrogen (secondary N) is 1. The largest absolute Gasteiger partial charge is 0.489 e. The van der Waals surface area contributed by atoms with Gasteiger partial charge in [0.25, 0.3) is 0 Å². The third kappa shape index (κ3) is 8.58. The van der Waals surface area contributed by atoms with Crippen LogP contribution in [0.4, 0.5) is 13.2 Å². The van der Waals surface area contributed by atoms with Crippen molar-refractivity contribution in [3.8, 4) is 22.6 Å². The number of aryl methyl sites for hydroxylation is 1. The van der Waals surface area contributed by atoms with Gasteiger partial charge in [-0.3, -0.25) is 9.59 Å². The Morgan fingerprint density at radius 2 is 1.57 bits per heavy atom. The topological polar surface area (TPSA) is 84.9 Å². The number of aliphatic carboxylic acids is 1. The van der Waals surface area contributed by atoms with E-state index >= 15 is 0 Å². The molecular formula is C26H24Cl2F3NO5.